The number of hydrogen-bond donors (Lipinski definition) is 0. The van der Waals surface area contributed by atoms with Crippen molar-refractivity contribution in [3.8, 4) is 0 Å². The molecule has 1 rings (SSSR count). The third-order valence-electron chi connectivity index (χ3n) is 2.21. The van der Waals surface area contributed by atoms with E-state index in [1.165, 1.54) is 11.1 Å². The molecule has 0 atom stereocenters. The Labute approximate surface area is 74.2 Å². The van der Waals surface area contributed by atoms with Gasteiger partial charge in [-0.15, -0.1) is 0 Å². The minimum Gasteiger partial charge on any atom is -0.253 e. The molecule has 0 saturated carbocycles. The second-order valence-electron chi connectivity index (χ2n) is 3.32. The van der Waals surface area contributed by atoms with Crippen LogP contribution in [-0.4, -0.2) is 4.98 Å². The predicted molar refractivity (Wildman–Crippen MR) is 53.2 cm³/mol. The molecule has 12 heavy (non-hydrogen) atoms. The Hall–Kier alpha value is -1.11. The van der Waals surface area contributed by atoms with Crippen LogP contribution in [0.4, 0.5) is 0 Å². The van der Waals surface area contributed by atoms with Crippen LogP contribution in [0.3, 0.4) is 0 Å². The van der Waals surface area contributed by atoms with Gasteiger partial charge in [0.05, 0.1) is 5.69 Å². The topological polar surface area (TPSA) is 12.9 Å². The first kappa shape index (κ1) is 8.98. The van der Waals surface area contributed by atoms with E-state index in [0.717, 1.165) is 17.0 Å². The fourth-order valence-corrected chi connectivity index (χ4v) is 1.11. The Morgan fingerprint density at radius 2 is 1.92 bits per heavy atom. The van der Waals surface area contributed by atoms with Gasteiger partial charge in [-0.3, -0.25) is 4.98 Å². The molecular formula is C11H15N. The summed E-state index contributed by atoms with van der Waals surface area (Å²) in [6, 6.07) is 2.09. The molecule has 0 aromatic carbocycles. The first-order chi connectivity index (χ1) is 5.52. The molecule has 1 heterocycles. The van der Waals surface area contributed by atoms with Gasteiger partial charge in [0, 0.05) is 5.69 Å². The van der Waals surface area contributed by atoms with Gasteiger partial charge in [-0.05, 0) is 50.5 Å². The van der Waals surface area contributed by atoms with Crippen LogP contribution in [0, 0.1) is 20.8 Å². The van der Waals surface area contributed by atoms with Gasteiger partial charge in [-0.1, -0.05) is 6.58 Å². The highest BCUT2D eigenvalue weighted by Crippen LogP contribution is 2.16. The summed E-state index contributed by atoms with van der Waals surface area (Å²) in [5, 5.41) is 0. The quantitative estimate of drug-likeness (QED) is 0.617. The Morgan fingerprint density at radius 1 is 1.33 bits per heavy atom. The SMILES string of the molecule is C=C(C)c1cc(C)c(C)c(C)n1. The molecule has 0 aliphatic heterocycles. The Kier molecular flexibility index (Phi) is 2.32. The maximum atomic E-state index is 4.43. The highest BCUT2D eigenvalue weighted by Gasteiger charge is 2.02. The number of aromatic nitrogens is 1. The van der Waals surface area contributed by atoms with Gasteiger partial charge in [0.25, 0.3) is 0 Å². The van der Waals surface area contributed by atoms with Crippen molar-refractivity contribution < 1.29 is 0 Å². The summed E-state index contributed by atoms with van der Waals surface area (Å²) < 4.78 is 0. The van der Waals surface area contributed by atoms with Crippen LogP contribution in [-0.2, 0) is 0 Å². The first-order valence-corrected chi connectivity index (χ1v) is 4.13. The Bertz CT molecular complexity index is 301. The maximum Gasteiger partial charge on any atom is 0.0658 e. The van der Waals surface area contributed by atoms with Crippen LogP contribution >= 0.6 is 0 Å². The van der Waals surface area contributed by atoms with Crippen molar-refractivity contribution >= 4 is 5.57 Å². The lowest BCUT2D eigenvalue weighted by Crippen LogP contribution is -1.95. The largest absolute Gasteiger partial charge is 0.253 e. The number of rotatable bonds is 1. The zero-order valence-corrected chi connectivity index (χ0v) is 8.23. The van der Waals surface area contributed by atoms with E-state index in [0.29, 0.717) is 0 Å². The van der Waals surface area contributed by atoms with Gasteiger partial charge in [0.15, 0.2) is 0 Å². The second-order valence-corrected chi connectivity index (χ2v) is 3.32. The summed E-state index contributed by atoms with van der Waals surface area (Å²) in [6.07, 6.45) is 0. The van der Waals surface area contributed by atoms with Crippen LogP contribution in [0.1, 0.15) is 29.4 Å². The van der Waals surface area contributed by atoms with Crippen LogP contribution < -0.4 is 0 Å². The molecule has 0 N–H and O–H groups in total. The van der Waals surface area contributed by atoms with Crippen molar-refractivity contribution in [3.63, 3.8) is 0 Å². The minimum atomic E-state index is 1.01. The standard InChI is InChI=1S/C11H15N/c1-7(2)11-6-8(3)9(4)10(5)12-11/h6H,1H2,2-5H3. The summed E-state index contributed by atoms with van der Waals surface area (Å²) in [5.41, 5.74) is 5.71. The summed E-state index contributed by atoms with van der Waals surface area (Å²) in [6.45, 7) is 12.1. The van der Waals surface area contributed by atoms with Crippen molar-refractivity contribution in [1.82, 2.24) is 4.98 Å². The lowest BCUT2D eigenvalue weighted by Gasteiger charge is -2.07. The molecule has 1 aromatic rings. The van der Waals surface area contributed by atoms with Crippen molar-refractivity contribution in [3.05, 3.63) is 35.2 Å². The fraction of sp³-hybridized carbons (Fsp3) is 0.364. The van der Waals surface area contributed by atoms with Crippen molar-refractivity contribution in [2.24, 2.45) is 0 Å². The van der Waals surface area contributed by atoms with Gasteiger partial charge in [-0.25, -0.2) is 0 Å². The van der Waals surface area contributed by atoms with Crippen LogP contribution in [0.15, 0.2) is 12.6 Å². The zero-order chi connectivity index (χ0) is 9.30. The van der Waals surface area contributed by atoms with E-state index in [1.807, 2.05) is 13.8 Å². The molecule has 0 aliphatic carbocycles. The Morgan fingerprint density at radius 3 is 2.33 bits per heavy atom. The van der Waals surface area contributed by atoms with E-state index in [-0.39, 0.29) is 0 Å². The highest BCUT2D eigenvalue weighted by molar-refractivity contribution is 5.59. The highest BCUT2D eigenvalue weighted by atomic mass is 14.7. The molecule has 0 fully saturated rings. The maximum absolute atomic E-state index is 4.43. The molecule has 0 bridgehead atoms. The molecular weight excluding hydrogens is 146 g/mol. The molecule has 64 valence electrons. The zero-order valence-electron chi connectivity index (χ0n) is 8.23. The number of nitrogens with zero attached hydrogens (tertiary/aromatic N) is 1. The fourth-order valence-electron chi connectivity index (χ4n) is 1.11. The molecule has 0 unspecified atom stereocenters. The number of hydrogen-bond acceptors (Lipinski definition) is 1. The lowest BCUT2D eigenvalue weighted by atomic mass is 10.1. The average molecular weight is 161 g/mol. The van der Waals surface area contributed by atoms with Crippen molar-refractivity contribution in [1.29, 1.82) is 0 Å². The molecule has 1 aromatic heterocycles. The normalized spacial score (nSPS) is 10.0. The van der Waals surface area contributed by atoms with Gasteiger partial charge < -0.3 is 0 Å². The van der Waals surface area contributed by atoms with Crippen LogP contribution in [0.5, 0.6) is 0 Å². The van der Waals surface area contributed by atoms with Crippen LogP contribution in [0.25, 0.3) is 5.57 Å². The number of aryl methyl sites for hydroxylation is 2. The summed E-state index contributed by atoms with van der Waals surface area (Å²) in [4.78, 5) is 4.43. The number of pyridine rings is 1. The molecule has 0 radical (unpaired) electrons. The smallest absolute Gasteiger partial charge is 0.0658 e. The molecule has 0 amide bonds. The summed E-state index contributed by atoms with van der Waals surface area (Å²) in [5.74, 6) is 0. The Balaban J connectivity index is 3.31. The second kappa shape index (κ2) is 3.10. The monoisotopic (exact) mass is 161 g/mol. The average Bonchev–Trinajstić information content (AvgIpc) is 1.99. The van der Waals surface area contributed by atoms with Gasteiger partial charge >= 0.3 is 0 Å². The summed E-state index contributed by atoms with van der Waals surface area (Å²) >= 11 is 0. The molecule has 1 heteroatoms. The van der Waals surface area contributed by atoms with Gasteiger partial charge in [-0.2, -0.15) is 0 Å². The van der Waals surface area contributed by atoms with E-state index in [2.05, 4.69) is 31.5 Å². The summed E-state index contributed by atoms with van der Waals surface area (Å²) in [7, 11) is 0. The molecule has 1 nitrogen and oxygen atoms in total. The minimum absolute atomic E-state index is 1.01. The lowest BCUT2D eigenvalue weighted by molar-refractivity contribution is 1.10. The first-order valence-electron chi connectivity index (χ1n) is 4.13. The third kappa shape index (κ3) is 1.55. The van der Waals surface area contributed by atoms with E-state index >= 15 is 0 Å². The van der Waals surface area contributed by atoms with E-state index in [1.54, 1.807) is 0 Å². The molecule has 0 saturated heterocycles. The van der Waals surface area contributed by atoms with Crippen molar-refractivity contribution in [2.75, 3.05) is 0 Å². The van der Waals surface area contributed by atoms with E-state index in [9.17, 15) is 0 Å². The number of allylic oxidation sites excluding steroid dienone is 1. The molecule has 0 aliphatic rings. The van der Waals surface area contributed by atoms with Gasteiger partial charge in [0.1, 0.15) is 0 Å². The van der Waals surface area contributed by atoms with Crippen molar-refractivity contribution in [2.45, 2.75) is 27.7 Å². The van der Waals surface area contributed by atoms with E-state index in [4.69, 9.17) is 0 Å². The van der Waals surface area contributed by atoms with E-state index < -0.39 is 0 Å². The molecule has 0 spiro atoms. The third-order valence-corrected chi connectivity index (χ3v) is 2.21. The predicted octanol–water partition coefficient (Wildman–Crippen LogP) is 3.04. The van der Waals surface area contributed by atoms with Gasteiger partial charge in [0.2, 0.25) is 0 Å². The van der Waals surface area contributed by atoms with Crippen LogP contribution in [0.2, 0.25) is 0 Å².